The lowest BCUT2D eigenvalue weighted by Crippen LogP contribution is -2.28. The molecule has 1 N–H and O–H groups in total. The first-order valence-corrected chi connectivity index (χ1v) is 9.29. The lowest BCUT2D eigenvalue weighted by atomic mass is 9.86. The minimum Gasteiger partial charge on any atom is -0.337 e. The number of amides is 2. The molecular formula is C18H22N2O2S. The summed E-state index contributed by atoms with van der Waals surface area (Å²) in [6.07, 6.45) is 8.67. The van der Waals surface area contributed by atoms with Gasteiger partial charge in [0.05, 0.1) is 9.88 Å². The number of fused-ring (bicyclic) bond motifs is 1. The Balaban J connectivity index is 1.46. The summed E-state index contributed by atoms with van der Waals surface area (Å²) < 4.78 is 0. The molecule has 0 radical (unpaired) electrons. The van der Waals surface area contributed by atoms with Crippen LogP contribution in [0.2, 0.25) is 0 Å². The maximum absolute atomic E-state index is 12.9. The van der Waals surface area contributed by atoms with Crippen LogP contribution in [0.4, 0.5) is 5.00 Å². The summed E-state index contributed by atoms with van der Waals surface area (Å²) in [7, 11) is 0. The molecule has 4 nitrogen and oxygen atoms in total. The number of carbonyl (C=O) groups is 2. The quantitative estimate of drug-likeness (QED) is 0.863. The second-order valence-electron chi connectivity index (χ2n) is 7.06. The van der Waals surface area contributed by atoms with E-state index in [4.69, 9.17) is 0 Å². The van der Waals surface area contributed by atoms with E-state index in [2.05, 4.69) is 17.5 Å². The molecule has 1 saturated carbocycles. The first-order valence-electron chi connectivity index (χ1n) is 8.47. The third-order valence-corrected chi connectivity index (χ3v) is 6.36. The van der Waals surface area contributed by atoms with Gasteiger partial charge < -0.3 is 10.2 Å². The number of hydrogen-bond donors (Lipinski definition) is 1. The number of hydrogen-bond acceptors (Lipinski definition) is 3. The fourth-order valence-corrected chi connectivity index (χ4v) is 4.69. The Morgan fingerprint density at radius 1 is 1.17 bits per heavy atom. The smallest absolute Gasteiger partial charge is 0.264 e. The van der Waals surface area contributed by atoms with Crippen molar-refractivity contribution in [3.8, 4) is 0 Å². The predicted octanol–water partition coefficient (Wildman–Crippen LogP) is 3.44. The molecule has 2 aliphatic carbocycles. The molecule has 0 unspecified atom stereocenters. The molecule has 0 aromatic carbocycles. The number of thiophene rings is 1. The Morgan fingerprint density at radius 3 is 2.43 bits per heavy atom. The van der Waals surface area contributed by atoms with Gasteiger partial charge in [0.1, 0.15) is 0 Å². The Labute approximate surface area is 140 Å². The van der Waals surface area contributed by atoms with E-state index in [1.165, 1.54) is 11.3 Å². The first-order chi connectivity index (χ1) is 11.1. The van der Waals surface area contributed by atoms with Crippen LogP contribution in [0.25, 0.3) is 0 Å². The van der Waals surface area contributed by atoms with Crippen LogP contribution in [-0.4, -0.2) is 29.8 Å². The average molecular weight is 330 g/mol. The number of carbonyl (C=O) groups excluding carboxylic acids is 2. The maximum Gasteiger partial charge on any atom is 0.264 e. The summed E-state index contributed by atoms with van der Waals surface area (Å²) in [4.78, 5) is 27.5. The third kappa shape index (κ3) is 2.94. The minimum absolute atomic E-state index is 0.100. The van der Waals surface area contributed by atoms with Crippen LogP contribution in [0.5, 0.6) is 0 Å². The second kappa shape index (κ2) is 5.78. The van der Waals surface area contributed by atoms with E-state index in [1.807, 2.05) is 17.9 Å². The van der Waals surface area contributed by atoms with Gasteiger partial charge in [0.25, 0.3) is 5.91 Å². The Kier molecular flexibility index (Phi) is 3.76. The Morgan fingerprint density at radius 2 is 1.83 bits per heavy atom. The Bertz CT molecular complexity index is 659. The van der Waals surface area contributed by atoms with Crippen LogP contribution in [0.3, 0.4) is 0 Å². The first kappa shape index (κ1) is 14.9. The predicted molar refractivity (Wildman–Crippen MR) is 91.7 cm³/mol. The van der Waals surface area contributed by atoms with Crippen molar-refractivity contribution in [1.82, 2.24) is 4.90 Å². The van der Waals surface area contributed by atoms with Crippen LogP contribution in [-0.2, 0) is 4.79 Å². The van der Waals surface area contributed by atoms with Gasteiger partial charge in [0.15, 0.2) is 0 Å². The lowest BCUT2D eigenvalue weighted by molar-refractivity contribution is -0.117. The number of nitrogens with one attached hydrogen (secondary N) is 1. The number of anilines is 1. The van der Waals surface area contributed by atoms with E-state index >= 15 is 0 Å². The molecule has 2 atom stereocenters. The number of likely N-dealkylation sites (tertiary alicyclic amines) is 1. The van der Waals surface area contributed by atoms with Crippen LogP contribution >= 0.6 is 11.3 Å². The summed E-state index contributed by atoms with van der Waals surface area (Å²) in [5.41, 5.74) is 0.971. The van der Waals surface area contributed by atoms with Crippen LogP contribution in [0, 0.1) is 24.7 Å². The summed E-state index contributed by atoms with van der Waals surface area (Å²) in [6, 6.07) is 1.93. The standard InChI is InChI=1S/C18H22N2O2S/c1-11-8-15(19-17(21)12-6-7-12)23-16(11)18(22)20-9-13-4-2-3-5-14(13)10-20/h2-3,8,12-14H,4-7,9-10H2,1H3,(H,19,21)/t13-,14+. The van der Waals surface area contributed by atoms with Gasteiger partial charge in [0.2, 0.25) is 5.91 Å². The van der Waals surface area contributed by atoms with E-state index < -0.39 is 0 Å². The number of nitrogens with zero attached hydrogens (tertiary/aromatic N) is 1. The minimum atomic E-state index is 0.100. The molecule has 1 saturated heterocycles. The molecule has 23 heavy (non-hydrogen) atoms. The molecule has 3 aliphatic rings. The van der Waals surface area contributed by atoms with Gasteiger partial charge in [-0.2, -0.15) is 0 Å². The molecule has 5 heteroatoms. The van der Waals surface area contributed by atoms with Crippen molar-refractivity contribution in [2.24, 2.45) is 17.8 Å². The summed E-state index contributed by atoms with van der Waals surface area (Å²) in [5, 5.41) is 3.77. The van der Waals surface area contributed by atoms with Crippen molar-refractivity contribution < 1.29 is 9.59 Å². The topological polar surface area (TPSA) is 49.4 Å². The number of allylic oxidation sites excluding steroid dienone is 2. The van der Waals surface area contributed by atoms with Crippen LogP contribution in [0.15, 0.2) is 18.2 Å². The van der Waals surface area contributed by atoms with Gasteiger partial charge >= 0.3 is 0 Å². The van der Waals surface area contributed by atoms with Gasteiger partial charge in [-0.3, -0.25) is 9.59 Å². The molecule has 2 fully saturated rings. The van der Waals surface area contributed by atoms with Crippen molar-refractivity contribution in [3.05, 3.63) is 28.7 Å². The maximum atomic E-state index is 12.9. The fraction of sp³-hybridized carbons (Fsp3) is 0.556. The normalized spacial score (nSPS) is 26.2. The zero-order chi connectivity index (χ0) is 16.0. The van der Waals surface area contributed by atoms with Crippen molar-refractivity contribution in [2.45, 2.75) is 32.6 Å². The average Bonchev–Trinajstić information content (AvgIpc) is 3.20. The highest BCUT2D eigenvalue weighted by atomic mass is 32.1. The molecule has 0 bridgehead atoms. The van der Waals surface area contributed by atoms with E-state index in [-0.39, 0.29) is 17.7 Å². The zero-order valence-corrected chi connectivity index (χ0v) is 14.2. The number of rotatable bonds is 3. The van der Waals surface area contributed by atoms with Gasteiger partial charge in [-0.25, -0.2) is 0 Å². The molecule has 1 aromatic heterocycles. The number of aryl methyl sites for hydroxylation is 1. The molecule has 0 spiro atoms. The molecule has 1 aliphatic heterocycles. The van der Waals surface area contributed by atoms with E-state index in [0.717, 1.165) is 54.2 Å². The van der Waals surface area contributed by atoms with Crippen molar-refractivity contribution in [3.63, 3.8) is 0 Å². The third-order valence-electron chi connectivity index (χ3n) is 5.21. The Hall–Kier alpha value is -1.62. The van der Waals surface area contributed by atoms with Crippen LogP contribution in [0.1, 0.15) is 40.9 Å². The lowest BCUT2D eigenvalue weighted by Gasteiger charge is -2.17. The summed E-state index contributed by atoms with van der Waals surface area (Å²) >= 11 is 1.42. The van der Waals surface area contributed by atoms with Crippen LogP contribution < -0.4 is 5.32 Å². The van der Waals surface area contributed by atoms with E-state index in [9.17, 15) is 9.59 Å². The van der Waals surface area contributed by atoms with Gasteiger partial charge in [-0.05, 0) is 56.1 Å². The highest BCUT2D eigenvalue weighted by molar-refractivity contribution is 7.18. The fourth-order valence-electron chi connectivity index (χ4n) is 3.65. The van der Waals surface area contributed by atoms with Gasteiger partial charge in [-0.15, -0.1) is 11.3 Å². The van der Waals surface area contributed by atoms with Crippen molar-refractivity contribution >= 4 is 28.2 Å². The highest BCUT2D eigenvalue weighted by Gasteiger charge is 2.36. The largest absolute Gasteiger partial charge is 0.337 e. The van der Waals surface area contributed by atoms with Crippen molar-refractivity contribution in [2.75, 3.05) is 18.4 Å². The highest BCUT2D eigenvalue weighted by Crippen LogP contribution is 2.36. The molecular weight excluding hydrogens is 308 g/mol. The molecule has 4 rings (SSSR count). The van der Waals surface area contributed by atoms with Gasteiger partial charge in [0, 0.05) is 19.0 Å². The van der Waals surface area contributed by atoms with E-state index in [1.54, 1.807) is 0 Å². The SMILES string of the molecule is Cc1cc(NC(=O)C2CC2)sc1C(=O)N1C[C@H]2CC=CC[C@H]2C1. The zero-order valence-electron chi connectivity index (χ0n) is 13.4. The second-order valence-corrected chi connectivity index (χ2v) is 8.11. The molecule has 2 amide bonds. The molecule has 1 aromatic rings. The van der Waals surface area contributed by atoms with Crippen molar-refractivity contribution in [1.29, 1.82) is 0 Å². The monoisotopic (exact) mass is 330 g/mol. The van der Waals surface area contributed by atoms with E-state index in [0.29, 0.717) is 11.8 Å². The van der Waals surface area contributed by atoms with Gasteiger partial charge in [-0.1, -0.05) is 12.2 Å². The summed E-state index contributed by atoms with van der Waals surface area (Å²) in [6.45, 7) is 3.70. The summed E-state index contributed by atoms with van der Waals surface area (Å²) in [5.74, 6) is 1.67. The molecule has 122 valence electrons. The molecule has 2 heterocycles.